The van der Waals surface area contributed by atoms with Gasteiger partial charge < -0.3 is 9.72 Å². The number of hydrogen-bond acceptors (Lipinski definition) is 2. The molecule has 114 valence electrons. The molecule has 4 rings (SSSR count). The first kappa shape index (κ1) is 13.8. The first-order valence-electron chi connectivity index (χ1n) is 7.70. The summed E-state index contributed by atoms with van der Waals surface area (Å²) in [6.07, 6.45) is 1.86. The number of pyridine rings is 1. The largest absolute Gasteiger partial charge is 0.496 e. The number of nitrogens with one attached hydrogen (secondary N) is 1. The Morgan fingerprint density at radius 1 is 0.870 bits per heavy atom. The molecule has 1 N–H and O–H groups in total. The number of fused-ring (bicyclic) bond motifs is 3. The van der Waals surface area contributed by atoms with Crippen molar-refractivity contribution in [3.63, 3.8) is 0 Å². The van der Waals surface area contributed by atoms with Crippen LogP contribution in [0.15, 0.2) is 48.7 Å². The quantitative estimate of drug-likeness (QED) is 0.565. The molecule has 2 aromatic carbocycles. The normalized spacial score (nSPS) is 11.3. The number of benzene rings is 2. The maximum atomic E-state index is 5.63. The number of H-pyrrole nitrogens is 1. The summed E-state index contributed by atoms with van der Waals surface area (Å²) in [4.78, 5) is 7.96. The fraction of sp³-hybridized carbons (Fsp3) is 0.150. The number of aromatic amines is 1. The van der Waals surface area contributed by atoms with Gasteiger partial charge in [0.15, 0.2) is 0 Å². The van der Waals surface area contributed by atoms with E-state index in [4.69, 9.17) is 4.74 Å². The van der Waals surface area contributed by atoms with Crippen molar-refractivity contribution in [1.29, 1.82) is 0 Å². The number of aromatic nitrogens is 2. The molecule has 0 atom stereocenters. The molecule has 0 saturated heterocycles. The van der Waals surface area contributed by atoms with E-state index < -0.39 is 0 Å². The molecule has 3 heteroatoms. The van der Waals surface area contributed by atoms with E-state index in [1.165, 1.54) is 16.3 Å². The third-order valence-electron chi connectivity index (χ3n) is 4.41. The zero-order valence-electron chi connectivity index (χ0n) is 13.5. The Kier molecular flexibility index (Phi) is 3.08. The van der Waals surface area contributed by atoms with Gasteiger partial charge in [-0.15, -0.1) is 0 Å². The summed E-state index contributed by atoms with van der Waals surface area (Å²) in [5.74, 6) is 0.874. The van der Waals surface area contributed by atoms with Crippen LogP contribution in [0.5, 0.6) is 5.75 Å². The zero-order valence-corrected chi connectivity index (χ0v) is 13.5. The van der Waals surface area contributed by atoms with Gasteiger partial charge >= 0.3 is 0 Å². The highest BCUT2D eigenvalue weighted by molar-refractivity contribution is 6.13. The van der Waals surface area contributed by atoms with Crippen LogP contribution in [0.1, 0.15) is 11.3 Å². The average Bonchev–Trinajstić information content (AvgIpc) is 2.95. The number of aryl methyl sites for hydroxylation is 2. The summed E-state index contributed by atoms with van der Waals surface area (Å²) in [7, 11) is 1.72. The van der Waals surface area contributed by atoms with Crippen molar-refractivity contribution >= 4 is 21.8 Å². The van der Waals surface area contributed by atoms with Crippen LogP contribution in [0.25, 0.3) is 32.9 Å². The van der Waals surface area contributed by atoms with E-state index in [0.29, 0.717) is 0 Å². The molecule has 0 saturated carbocycles. The van der Waals surface area contributed by atoms with Gasteiger partial charge in [-0.2, -0.15) is 0 Å². The van der Waals surface area contributed by atoms with E-state index in [0.717, 1.165) is 33.6 Å². The summed E-state index contributed by atoms with van der Waals surface area (Å²) in [5.41, 5.74) is 6.68. The van der Waals surface area contributed by atoms with Crippen molar-refractivity contribution < 1.29 is 4.74 Å². The van der Waals surface area contributed by atoms with Gasteiger partial charge in [0.2, 0.25) is 0 Å². The van der Waals surface area contributed by atoms with Crippen LogP contribution in [-0.2, 0) is 0 Å². The molecule has 0 radical (unpaired) electrons. The first-order chi connectivity index (χ1) is 11.2. The van der Waals surface area contributed by atoms with Crippen molar-refractivity contribution in [1.82, 2.24) is 9.97 Å². The molecule has 0 unspecified atom stereocenters. The summed E-state index contributed by atoms with van der Waals surface area (Å²) < 4.78 is 5.63. The monoisotopic (exact) mass is 302 g/mol. The van der Waals surface area contributed by atoms with E-state index in [2.05, 4.69) is 53.3 Å². The van der Waals surface area contributed by atoms with E-state index in [9.17, 15) is 0 Å². The van der Waals surface area contributed by atoms with E-state index >= 15 is 0 Å². The Morgan fingerprint density at radius 3 is 2.35 bits per heavy atom. The lowest BCUT2D eigenvalue weighted by molar-refractivity contribution is 0.417. The van der Waals surface area contributed by atoms with Gasteiger partial charge in [-0.1, -0.05) is 29.8 Å². The summed E-state index contributed by atoms with van der Waals surface area (Å²) >= 11 is 0. The lowest BCUT2D eigenvalue weighted by Gasteiger charge is -2.10. The second kappa shape index (κ2) is 5.13. The van der Waals surface area contributed by atoms with Crippen LogP contribution in [0, 0.1) is 13.8 Å². The van der Waals surface area contributed by atoms with Gasteiger partial charge in [0.05, 0.1) is 23.8 Å². The number of nitrogens with zero attached hydrogens (tertiary/aromatic N) is 1. The van der Waals surface area contributed by atoms with Crippen molar-refractivity contribution in [3.8, 4) is 16.9 Å². The molecule has 2 heterocycles. The highest BCUT2D eigenvalue weighted by atomic mass is 16.5. The lowest BCUT2D eigenvalue weighted by atomic mass is 10.00. The molecule has 0 bridgehead atoms. The second-order valence-electron chi connectivity index (χ2n) is 5.88. The molecule has 2 aromatic heterocycles. The fourth-order valence-electron chi connectivity index (χ4n) is 3.19. The molecular weight excluding hydrogens is 284 g/mol. The summed E-state index contributed by atoms with van der Waals surface area (Å²) in [5, 5.41) is 2.39. The number of rotatable bonds is 2. The van der Waals surface area contributed by atoms with Crippen molar-refractivity contribution in [2.24, 2.45) is 0 Å². The van der Waals surface area contributed by atoms with Gasteiger partial charge in [0, 0.05) is 22.5 Å². The summed E-state index contributed by atoms with van der Waals surface area (Å²) in [6, 6.07) is 14.8. The SMILES string of the molecule is COc1ccc2c([nH]c3c(C)nccc32)c1-c1ccc(C)cc1. The van der Waals surface area contributed by atoms with Gasteiger partial charge in [-0.25, -0.2) is 0 Å². The number of hydrogen-bond donors (Lipinski definition) is 1. The minimum atomic E-state index is 0.874. The maximum absolute atomic E-state index is 5.63. The predicted molar refractivity (Wildman–Crippen MR) is 95.1 cm³/mol. The summed E-state index contributed by atoms with van der Waals surface area (Å²) in [6.45, 7) is 4.13. The molecule has 0 aliphatic rings. The second-order valence-corrected chi connectivity index (χ2v) is 5.88. The Balaban J connectivity index is 2.13. The molecule has 3 nitrogen and oxygen atoms in total. The van der Waals surface area contributed by atoms with Crippen molar-refractivity contribution in [3.05, 3.63) is 59.9 Å². The molecule has 23 heavy (non-hydrogen) atoms. The highest BCUT2D eigenvalue weighted by Gasteiger charge is 2.15. The van der Waals surface area contributed by atoms with Crippen LogP contribution >= 0.6 is 0 Å². The topological polar surface area (TPSA) is 37.9 Å². The minimum Gasteiger partial charge on any atom is -0.496 e. The van der Waals surface area contributed by atoms with Crippen molar-refractivity contribution in [2.45, 2.75) is 13.8 Å². The Morgan fingerprint density at radius 2 is 1.61 bits per heavy atom. The van der Waals surface area contributed by atoms with Crippen LogP contribution in [0.3, 0.4) is 0 Å². The van der Waals surface area contributed by atoms with Crippen LogP contribution in [-0.4, -0.2) is 17.1 Å². The van der Waals surface area contributed by atoms with Gasteiger partial charge in [-0.3, -0.25) is 4.98 Å². The lowest BCUT2D eigenvalue weighted by Crippen LogP contribution is -1.89. The Bertz CT molecular complexity index is 1010. The fourth-order valence-corrected chi connectivity index (χ4v) is 3.19. The zero-order chi connectivity index (χ0) is 16.0. The van der Waals surface area contributed by atoms with Crippen molar-refractivity contribution in [2.75, 3.05) is 7.11 Å². The average molecular weight is 302 g/mol. The van der Waals surface area contributed by atoms with Gasteiger partial charge in [-0.05, 0) is 37.6 Å². The van der Waals surface area contributed by atoms with Gasteiger partial charge in [0.25, 0.3) is 0 Å². The van der Waals surface area contributed by atoms with E-state index in [1.54, 1.807) is 7.11 Å². The van der Waals surface area contributed by atoms with E-state index in [-0.39, 0.29) is 0 Å². The van der Waals surface area contributed by atoms with Crippen LogP contribution < -0.4 is 4.74 Å². The highest BCUT2D eigenvalue weighted by Crippen LogP contribution is 2.39. The molecule has 0 aliphatic carbocycles. The molecular formula is C20H18N2O. The Hall–Kier alpha value is -2.81. The molecule has 4 aromatic rings. The first-order valence-corrected chi connectivity index (χ1v) is 7.70. The standard InChI is InChI=1S/C20H18N2O/c1-12-4-6-14(7-5-12)18-17(23-3)9-8-15-16-10-11-21-13(2)19(16)22-20(15)18/h4-11,22H,1-3H3. The third kappa shape index (κ3) is 2.08. The number of methoxy groups -OCH3 is 1. The molecule has 0 aliphatic heterocycles. The third-order valence-corrected chi connectivity index (χ3v) is 4.41. The molecule has 0 spiro atoms. The predicted octanol–water partition coefficient (Wildman–Crippen LogP) is 5.01. The van der Waals surface area contributed by atoms with Crippen LogP contribution in [0.4, 0.5) is 0 Å². The Labute approximate surface area is 134 Å². The molecule has 0 amide bonds. The minimum absolute atomic E-state index is 0.874. The molecule has 0 fully saturated rings. The van der Waals surface area contributed by atoms with E-state index in [1.807, 2.05) is 19.2 Å². The van der Waals surface area contributed by atoms with Crippen LogP contribution in [0.2, 0.25) is 0 Å². The maximum Gasteiger partial charge on any atom is 0.128 e. The van der Waals surface area contributed by atoms with Gasteiger partial charge in [0.1, 0.15) is 5.75 Å². The smallest absolute Gasteiger partial charge is 0.128 e. The number of ether oxygens (including phenoxy) is 1.